The van der Waals surface area contributed by atoms with E-state index in [1.807, 2.05) is 0 Å². The van der Waals surface area contributed by atoms with Crippen LogP contribution in [0.3, 0.4) is 0 Å². The number of aliphatic imine (C=N–C) groups is 2. The topological polar surface area (TPSA) is 220 Å². The van der Waals surface area contributed by atoms with Crippen LogP contribution in [0, 0.1) is 47.2 Å². The van der Waals surface area contributed by atoms with Crippen LogP contribution in [0.1, 0.15) is 92.5 Å². The van der Waals surface area contributed by atoms with Crippen molar-refractivity contribution in [3.05, 3.63) is 118 Å². The van der Waals surface area contributed by atoms with E-state index >= 15 is 8.78 Å². The molecule has 5 N–H and O–H groups in total. The van der Waals surface area contributed by atoms with Crippen molar-refractivity contribution < 1.29 is 50.9 Å². The normalized spacial score (nSPS) is 23.7. The number of ether oxygens (including phenoxy) is 2. The highest BCUT2D eigenvalue weighted by atomic mass is 32.2. The smallest absolute Gasteiger partial charge is 0.418 e. The Morgan fingerprint density at radius 3 is 1.74 bits per heavy atom. The van der Waals surface area contributed by atoms with Gasteiger partial charge in [-0.3, -0.25) is 19.6 Å². The summed E-state index contributed by atoms with van der Waals surface area (Å²) in [6.07, 6.45) is 7.50. The highest BCUT2D eigenvalue weighted by Crippen LogP contribution is 2.67. The van der Waals surface area contributed by atoms with E-state index in [0.29, 0.717) is 30.6 Å². The van der Waals surface area contributed by atoms with Crippen molar-refractivity contribution in [2.75, 3.05) is 40.7 Å². The highest BCUT2D eigenvalue weighted by Gasteiger charge is 2.72. The number of nitrogens with zero attached hydrogens (tertiary/aromatic N) is 7. The molecule has 2 saturated carbocycles. The van der Waals surface area contributed by atoms with E-state index in [1.165, 1.54) is 97.0 Å². The van der Waals surface area contributed by atoms with E-state index in [4.69, 9.17) is 25.3 Å². The maximum absolute atomic E-state index is 15.8. The molecule has 81 heavy (non-hydrogen) atoms. The van der Waals surface area contributed by atoms with E-state index in [1.54, 1.807) is 41.7 Å². The first-order valence-electron chi connectivity index (χ1n) is 25.7. The van der Waals surface area contributed by atoms with Gasteiger partial charge in [-0.05, 0) is 113 Å². The van der Waals surface area contributed by atoms with Gasteiger partial charge in [-0.2, -0.15) is 0 Å². The van der Waals surface area contributed by atoms with Crippen molar-refractivity contribution in [2.45, 2.75) is 99.3 Å². The lowest BCUT2D eigenvalue weighted by molar-refractivity contribution is -0.122. The summed E-state index contributed by atoms with van der Waals surface area (Å²) in [5, 5.41) is 14.6. The quantitative estimate of drug-likeness (QED) is 0.0323. The van der Waals surface area contributed by atoms with Crippen molar-refractivity contribution in [3.8, 4) is 23.7 Å². The largest absolute Gasteiger partial charge is 0.443 e. The lowest BCUT2D eigenvalue weighted by atomic mass is 9.84. The average molecular weight is 1170 g/mol. The van der Waals surface area contributed by atoms with Gasteiger partial charge in [-0.15, -0.1) is 0 Å². The molecule has 8 rings (SSSR count). The Morgan fingerprint density at radius 1 is 0.802 bits per heavy atom. The number of nitrogens with one attached hydrogen (secondary N) is 2. The van der Waals surface area contributed by atoms with Crippen molar-refractivity contribution >= 4 is 83.6 Å². The fourth-order valence-corrected chi connectivity index (χ4v) is 13.2. The molecule has 0 spiro atoms. The van der Waals surface area contributed by atoms with Crippen molar-refractivity contribution in [1.82, 2.24) is 35.5 Å². The number of hydrogen-bond acceptors (Lipinski definition) is 15. The molecule has 4 heterocycles. The summed E-state index contributed by atoms with van der Waals surface area (Å²) in [5.74, 6) is 6.06. The molecular weight excluding hydrogens is 1110 g/mol. The number of fused-ring (bicyclic) bond motifs is 2. The summed E-state index contributed by atoms with van der Waals surface area (Å²) in [4.78, 5) is 66.2. The van der Waals surface area contributed by atoms with Crippen LogP contribution in [0.2, 0.25) is 25.7 Å². The van der Waals surface area contributed by atoms with Crippen LogP contribution < -0.4 is 16.4 Å². The summed E-state index contributed by atoms with van der Waals surface area (Å²) in [7, 11) is 1.65. The predicted molar refractivity (Wildman–Crippen MR) is 307 cm³/mol. The molecule has 24 heteroatoms. The van der Waals surface area contributed by atoms with E-state index < -0.39 is 76.2 Å². The third kappa shape index (κ3) is 14.0. The third-order valence-electron chi connectivity index (χ3n) is 13.7. The third-order valence-corrected chi connectivity index (χ3v) is 18.2. The molecule has 2 aromatic carbocycles. The summed E-state index contributed by atoms with van der Waals surface area (Å²) in [6.45, 7) is 14.5. The maximum atomic E-state index is 15.8. The van der Waals surface area contributed by atoms with Crippen LogP contribution >= 0.6 is 23.5 Å². The Balaban J connectivity index is 0.000000250. The predicted octanol–water partition coefficient (Wildman–Crippen LogP) is 8.98. The number of nitrogens with two attached hydrogens (primary N) is 1. The van der Waals surface area contributed by atoms with Gasteiger partial charge < -0.3 is 30.9 Å². The Hall–Kier alpha value is -6.96. The van der Waals surface area contributed by atoms with Gasteiger partial charge in [0.15, 0.2) is 28.7 Å². The van der Waals surface area contributed by atoms with E-state index in [9.17, 15) is 27.6 Å². The number of aromatic nitrogens is 4. The number of benzene rings is 2. The molecule has 2 fully saturated rings. The number of aliphatic hydroxyl groups excluding tert-OH is 1. The standard InChI is InChI=1S/C34H43F2N5O5SSi.C23H20F3N5OS/c1-32(2,3)46-31(44)41(21-45-14-15-48(6,7)8)30-40-33(4,28-18-34(28,47-30)29(43)37-5)24-16-22(11-12-25(24)35)17-26(36)27-20-38-23(19-39-27)10-9-13-42;1-22(19-10-23(19,20(32)28-2)33-21(27)31-22)15-8-13(5-6-16(15)25)9-17(26)18-12-29-14(11-30-18)4-3-7-24/h11-12,16-17,19-20,28,42H,13-15,18,21H2,1-8H3,(H,37,43);5-6,8-9,11-12,19H,7,10H2,1-2H3,(H2,27,31)(H,28,32)/b26-17-;17-9-/t28-,33+,34-;19-,22+,23-/m00/s1. The van der Waals surface area contributed by atoms with Crippen molar-refractivity contribution in [1.29, 1.82) is 0 Å². The lowest BCUT2D eigenvalue weighted by Gasteiger charge is -2.37. The van der Waals surface area contributed by atoms with Crippen molar-refractivity contribution in [2.24, 2.45) is 27.6 Å². The number of hydrogen-bond donors (Lipinski definition) is 4. The molecule has 3 amide bonds. The number of carbonyl (C=O) groups is 3. The van der Waals surface area contributed by atoms with Crippen LogP contribution in [0.15, 0.2) is 71.2 Å². The molecule has 428 valence electrons. The van der Waals surface area contributed by atoms with Gasteiger partial charge in [0.2, 0.25) is 11.8 Å². The summed E-state index contributed by atoms with van der Waals surface area (Å²) < 4.78 is 82.9. The second kappa shape index (κ2) is 24.6. The van der Waals surface area contributed by atoms with Crippen LogP contribution in [-0.4, -0.2) is 122 Å². The van der Waals surface area contributed by atoms with Gasteiger partial charge >= 0.3 is 6.09 Å². The molecule has 6 atom stereocenters. The first-order chi connectivity index (χ1) is 38.1. The number of halogens is 5. The monoisotopic (exact) mass is 1170 g/mol. The Kier molecular flexibility index (Phi) is 18.8. The molecule has 0 saturated heterocycles. The van der Waals surface area contributed by atoms with Crippen LogP contribution in [0.4, 0.5) is 26.7 Å². The van der Waals surface area contributed by atoms with Gasteiger partial charge in [0.1, 0.15) is 62.8 Å². The summed E-state index contributed by atoms with van der Waals surface area (Å²) in [5.41, 5.74) is 4.26. The van der Waals surface area contributed by atoms with E-state index in [-0.39, 0.29) is 75.3 Å². The zero-order valence-electron chi connectivity index (χ0n) is 46.4. The Bertz CT molecular complexity index is 3340. The molecule has 0 unspecified atom stereocenters. The van der Waals surface area contributed by atoms with Crippen LogP contribution in [0.25, 0.3) is 23.8 Å². The van der Waals surface area contributed by atoms with Gasteiger partial charge in [0, 0.05) is 51.7 Å². The molecule has 2 aliphatic heterocycles. The van der Waals surface area contributed by atoms with E-state index in [2.05, 4.69) is 78.9 Å². The molecule has 0 radical (unpaired) electrons. The van der Waals surface area contributed by atoms with Crippen LogP contribution in [0.5, 0.6) is 0 Å². The molecule has 0 bridgehead atoms. The molecular formula is C57H63F5N10O6S2Si. The molecule has 16 nitrogen and oxygen atoms in total. The number of alkyl halides is 1. The number of rotatable bonds is 13. The summed E-state index contributed by atoms with van der Waals surface area (Å²) in [6, 6.07) is 9.19. The molecule has 4 aliphatic rings. The number of carbonyl (C=O) groups excluding carboxylic acids is 3. The number of aliphatic hydroxyl groups is 1. The minimum Gasteiger partial charge on any atom is -0.443 e. The number of amidine groups is 2. The summed E-state index contributed by atoms with van der Waals surface area (Å²) >= 11 is 2.34. The SMILES string of the molecule is CNC(=O)[C@]12C[C@H]1[C@@](C)(c1cc(/C=C(\F)c3cnc(C#CCF)cn3)ccc1F)N=C(N)S2.CNC(=O)[C@]12C[C@H]1[C@@](C)(c1cc(/C=C(\F)c3cnc(C#CCO)cn3)ccc1F)N=C(N(COCC[Si](C)(C)C)C(=O)OC(C)(C)C)S2. The average Bonchev–Trinajstić information content (AvgIpc) is 4.52. The first-order valence-corrected chi connectivity index (χ1v) is 31.0. The first kappa shape index (κ1) is 61.7. The Morgan fingerprint density at radius 2 is 1.30 bits per heavy atom. The maximum Gasteiger partial charge on any atom is 0.418 e. The van der Waals surface area contributed by atoms with Gasteiger partial charge in [-0.25, -0.2) is 51.6 Å². The van der Waals surface area contributed by atoms with Crippen LogP contribution in [-0.2, 0) is 30.1 Å². The van der Waals surface area contributed by atoms with E-state index in [0.717, 1.165) is 17.8 Å². The zero-order valence-corrected chi connectivity index (χ0v) is 49.1. The van der Waals surface area contributed by atoms with Gasteiger partial charge in [0.25, 0.3) is 0 Å². The Labute approximate surface area is 477 Å². The molecule has 2 aliphatic carbocycles. The fourth-order valence-electron chi connectivity index (χ4n) is 9.43. The lowest BCUT2D eigenvalue weighted by Crippen LogP contribution is -2.48. The minimum atomic E-state index is -1.43. The molecule has 2 aromatic heterocycles. The number of amides is 3. The highest BCUT2D eigenvalue weighted by molar-refractivity contribution is 8.16. The van der Waals surface area contributed by atoms with Crippen molar-refractivity contribution in [3.63, 3.8) is 0 Å². The minimum absolute atomic E-state index is 0.0463. The second-order valence-corrected chi connectivity index (χ2v) is 30.3. The molecule has 4 aromatic rings. The zero-order chi connectivity index (χ0) is 59.3. The number of thioether (sulfide) groups is 2. The van der Waals surface area contributed by atoms with Gasteiger partial charge in [-0.1, -0.05) is 67.1 Å². The van der Waals surface area contributed by atoms with Gasteiger partial charge in [0.05, 0.1) is 35.9 Å². The fraction of sp³-hybridized carbons (Fsp3) is 0.421. The second-order valence-electron chi connectivity index (χ2n) is 22.0.